The molecule has 3 aromatic rings. The van der Waals surface area contributed by atoms with E-state index in [4.69, 9.17) is 11.6 Å². The lowest BCUT2D eigenvalue weighted by atomic mass is 10.1. The van der Waals surface area contributed by atoms with Gasteiger partial charge in [-0.05, 0) is 37.1 Å². The molecule has 1 aliphatic heterocycles. The van der Waals surface area contributed by atoms with Crippen LogP contribution in [0.3, 0.4) is 0 Å². The van der Waals surface area contributed by atoms with Crippen molar-refractivity contribution >= 4 is 23.6 Å². The average molecular weight is 440 g/mol. The number of carboxylic acid groups (broad SMARTS) is 1. The van der Waals surface area contributed by atoms with Gasteiger partial charge < -0.3 is 19.9 Å². The lowest BCUT2D eigenvalue weighted by Crippen LogP contribution is -2.49. The highest BCUT2D eigenvalue weighted by molar-refractivity contribution is 6.30. The SMILES string of the molecule is O=C(Cn1cnc(-c2ccc(Cl)cc2)c1-c1ccncc1)N[C@H]1CCCN(C(=O)O)C1. The van der Waals surface area contributed by atoms with Gasteiger partial charge in [0.05, 0.1) is 17.7 Å². The van der Waals surface area contributed by atoms with Gasteiger partial charge in [0.1, 0.15) is 6.54 Å². The summed E-state index contributed by atoms with van der Waals surface area (Å²) in [7, 11) is 0. The van der Waals surface area contributed by atoms with Crippen molar-refractivity contribution in [2.45, 2.75) is 25.4 Å². The number of nitrogens with one attached hydrogen (secondary N) is 1. The minimum atomic E-state index is -0.957. The van der Waals surface area contributed by atoms with Crippen LogP contribution in [-0.2, 0) is 11.3 Å². The molecule has 1 atom stereocenters. The number of likely N-dealkylation sites (tertiary alicyclic amines) is 1. The van der Waals surface area contributed by atoms with E-state index in [1.807, 2.05) is 24.3 Å². The smallest absolute Gasteiger partial charge is 0.407 e. The number of carbonyl (C=O) groups excluding carboxylic acids is 1. The van der Waals surface area contributed by atoms with Gasteiger partial charge in [-0.2, -0.15) is 0 Å². The molecular weight excluding hydrogens is 418 g/mol. The molecule has 31 heavy (non-hydrogen) atoms. The molecule has 0 unspecified atom stereocenters. The van der Waals surface area contributed by atoms with Gasteiger partial charge in [0, 0.05) is 47.7 Å². The predicted molar refractivity (Wildman–Crippen MR) is 117 cm³/mol. The normalized spacial score (nSPS) is 16.2. The average Bonchev–Trinajstić information content (AvgIpc) is 3.18. The number of nitrogens with zero attached hydrogens (tertiary/aromatic N) is 4. The Hall–Kier alpha value is -3.39. The second-order valence-corrected chi connectivity index (χ2v) is 7.88. The van der Waals surface area contributed by atoms with Gasteiger partial charge in [-0.25, -0.2) is 9.78 Å². The molecule has 0 bridgehead atoms. The van der Waals surface area contributed by atoms with Gasteiger partial charge in [-0.15, -0.1) is 0 Å². The molecule has 160 valence electrons. The Morgan fingerprint density at radius 3 is 2.58 bits per heavy atom. The number of hydrogen-bond donors (Lipinski definition) is 2. The van der Waals surface area contributed by atoms with Crippen molar-refractivity contribution in [3.05, 3.63) is 60.1 Å². The Labute approximate surface area is 184 Å². The number of piperidine rings is 1. The number of rotatable bonds is 5. The fraction of sp³-hybridized carbons (Fsp3) is 0.273. The van der Waals surface area contributed by atoms with Gasteiger partial charge in [0.2, 0.25) is 5.91 Å². The Morgan fingerprint density at radius 1 is 1.13 bits per heavy atom. The first kappa shape index (κ1) is 20.9. The molecule has 1 aliphatic rings. The van der Waals surface area contributed by atoms with E-state index in [1.165, 1.54) is 4.90 Å². The molecule has 4 rings (SSSR count). The van der Waals surface area contributed by atoms with Crippen LogP contribution in [0, 0.1) is 0 Å². The molecule has 2 aromatic heterocycles. The van der Waals surface area contributed by atoms with Crippen molar-refractivity contribution in [1.82, 2.24) is 24.8 Å². The number of aromatic nitrogens is 3. The second-order valence-electron chi connectivity index (χ2n) is 7.45. The topological polar surface area (TPSA) is 100 Å². The molecule has 0 saturated carbocycles. The van der Waals surface area contributed by atoms with E-state index >= 15 is 0 Å². The van der Waals surface area contributed by atoms with Crippen LogP contribution in [0.25, 0.3) is 22.5 Å². The van der Waals surface area contributed by atoms with Crippen molar-refractivity contribution < 1.29 is 14.7 Å². The number of hydrogen-bond acceptors (Lipinski definition) is 4. The summed E-state index contributed by atoms with van der Waals surface area (Å²) in [6, 6.07) is 10.9. The van der Waals surface area contributed by atoms with Crippen LogP contribution in [0.1, 0.15) is 12.8 Å². The quantitative estimate of drug-likeness (QED) is 0.633. The minimum Gasteiger partial charge on any atom is -0.465 e. The number of amides is 2. The van der Waals surface area contributed by atoms with Gasteiger partial charge >= 0.3 is 6.09 Å². The van der Waals surface area contributed by atoms with Crippen molar-refractivity contribution in [2.24, 2.45) is 0 Å². The number of benzene rings is 1. The Bertz CT molecular complexity index is 1070. The van der Waals surface area contributed by atoms with Crippen molar-refractivity contribution in [3.8, 4) is 22.5 Å². The summed E-state index contributed by atoms with van der Waals surface area (Å²) >= 11 is 6.03. The van der Waals surface area contributed by atoms with Crippen LogP contribution in [0.15, 0.2) is 55.1 Å². The summed E-state index contributed by atoms with van der Waals surface area (Å²) in [6.45, 7) is 0.875. The summed E-state index contributed by atoms with van der Waals surface area (Å²) in [5.74, 6) is -0.187. The third kappa shape index (κ3) is 4.86. The first-order valence-electron chi connectivity index (χ1n) is 10.00. The van der Waals surface area contributed by atoms with E-state index in [-0.39, 0.29) is 18.5 Å². The van der Waals surface area contributed by atoms with Crippen LogP contribution >= 0.6 is 11.6 Å². The number of imidazole rings is 1. The van der Waals surface area contributed by atoms with E-state index in [9.17, 15) is 14.7 Å². The molecule has 8 nitrogen and oxygen atoms in total. The number of halogens is 1. The molecule has 1 aromatic carbocycles. The van der Waals surface area contributed by atoms with E-state index in [1.54, 1.807) is 35.4 Å². The van der Waals surface area contributed by atoms with Gasteiger partial charge in [0.15, 0.2) is 0 Å². The van der Waals surface area contributed by atoms with Crippen LogP contribution < -0.4 is 5.32 Å². The summed E-state index contributed by atoms with van der Waals surface area (Å²) in [4.78, 5) is 34.0. The van der Waals surface area contributed by atoms with E-state index in [2.05, 4.69) is 15.3 Å². The summed E-state index contributed by atoms with van der Waals surface area (Å²) in [5, 5.41) is 12.8. The monoisotopic (exact) mass is 439 g/mol. The highest BCUT2D eigenvalue weighted by Crippen LogP contribution is 2.31. The Balaban J connectivity index is 1.57. The maximum Gasteiger partial charge on any atom is 0.407 e. The molecule has 0 spiro atoms. The zero-order valence-electron chi connectivity index (χ0n) is 16.7. The van der Waals surface area contributed by atoms with Gasteiger partial charge in [0.25, 0.3) is 0 Å². The second kappa shape index (κ2) is 9.18. The van der Waals surface area contributed by atoms with E-state index in [0.717, 1.165) is 35.4 Å². The molecule has 1 fully saturated rings. The Morgan fingerprint density at radius 2 is 1.87 bits per heavy atom. The first-order chi connectivity index (χ1) is 15.0. The molecule has 9 heteroatoms. The summed E-state index contributed by atoms with van der Waals surface area (Å²) in [6.07, 6.45) is 5.56. The van der Waals surface area contributed by atoms with E-state index < -0.39 is 6.09 Å². The van der Waals surface area contributed by atoms with Crippen LogP contribution in [0.2, 0.25) is 5.02 Å². The summed E-state index contributed by atoms with van der Waals surface area (Å²) in [5.41, 5.74) is 3.32. The molecular formula is C22H22ClN5O3. The maximum atomic E-state index is 12.8. The number of pyridine rings is 1. The van der Waals surface area contributed by atoms with Gasteiger partial charge in [-0.3, -0.25) is 9.78 Å². The Kier molecular flexibility index (Phi) is 6.18. The van der Waals surface area contributed by atoms with Crippen LogP contribution in [0.4, 0.5) is 4.79 Å². The fourth-order valence-electron chi connectivity index (χ4n) is 3.83. The molecule has 2 N–H and O–H groups in total. The third-order valence-electron chi connectivity index (χ3n) is 5.28. The first-order valence-corrected chi connectivity index (χ1v) is 10.4. The number of carbonyl (C=O) groups is 2. The standard InChI is InChI=1S/C22H22ClN5O3/c23-17-5-3-15(4-6-17)20-21(16-7-9-24-10-8-16)28(14-25-20)13-19(29)26-18-2-1-11-27(12-18)22(30)31/h3-10,14,18H,1-2,11-13H2,(H,26,29)(H,30,31)/t18-/m0/s1. The fourth-order valence-corrected chi connectivity index (χ4v) is 3.96. The van der Waals surface area contributed by atoms with Crippen LogP contribution in [-0.4, -0.2) is 55.7 Å². The molecule has 2 amide bonds. The van der Waals surface area contributed by atoms with E-state index in [0.29, 0.717) is 18.1 Å². The van der Waals surface area contributed by atoms with Crippen molar-refractivity contribution in [3.63, 3.8) is 0 Å². The largest absolute Gasteiger partial charge is 0.465 e. The minimum absolute atomic E-state index is 0.0712. The molecule has 0 radical (unpaired) electrons. The lowest BCUT2D eigenvalue weighted by molar-refractivity contribution is -0.122. The van der Waals surface area contributed by atoms with Crippen molar-refractivity contribution in [1.29, 1.82) is 0 Å². The highest BCUT2D eigenvalue weighted by Gasteiger charge is 2.25. The maximum absolute atomic E-state index is 12.8. The molecule has 0 aliphatic carbocycles. The zero-order valence-corrected chi connectivity index (χ0v) is 17.5. The molecule has 3 heterocycles. The predicted octanol–water partition coefficient (Wildman–Crippen LogP) is 3.52. The van der Waals surface area contributed by atoms with Crippen molar-refractivity contribution in [2.75, 3.05) is 13.1 Å². The summed E-state index contributed by atoms with van der Waals surface area (Å²) < 4.78 is 1.80. The zero-order chi connectivity index (χ0) is 21.8. The lowest BCUT2D eigenvalue weighted by Gasteiger charge is -2.31. The molecule has 1 saturated heterocycles. The highest BCUT2D eigenvalue weighted by atomic mass is 35.5. The van der Waals surface area contributed by atoms with Gasteiger partial charge in [-0.1, -0.05) is 23.7 Å². The van der Waals surface area contributed by atoms with Crippen LogP contribution in [0.5, 0.6) is 0 Å². The third-order valence-corrected chi connectivity index (χ3v) is 5.53.